The van der Waals surface area contributed by atoms with E-state index in [1.165, 1.54) is 11.3 Å². The topological polar surface area (TPSA) is 35.6 Å². The van der Waals surface area contributed by atoms with Crippen LogP contribution in [0.4, 0.5) is 11.4 Å². The maximum atomic E-state index is 11.9. The molecule has 0 bridgehead atoms. The molecule has 0 aliphatic carbocycles. The smallest absolute Gasteiger partial charge is 0.225 e. The van der Waals surface area contributed by atoms with Gasteiger partial charge in [0, 0.05) is 56.3 Å². The molecule has 2 aromatic rings. The molecule has 1 aliphatic rings. The van der Waals surface area contributed by atoms with Crippen molar-refractivity contribution in [1.82, 2.24) is 4.90 Å². The molecule has 27 heavy (non-hydrogen) atoms. The van der Waals surface area contributed by atoms with Gasteiger partial charge in [0.15, 0.2) is 0 Å². The fraction of sp³-hybridized carbons (Fsp3) is 0.409. The molecule has 0 saturated carbocycles. The van der Waals surface area contributed by atoms with Gasteiger partial charge in [-0.1, -0.05) is 37.3 Å². The molecule has 0 aromatic heterocycles. The number of nitrogens with one attached hydrogen (secondary N) is 1. The molecular weight excluding hydrogens is 354 g/mol. The SMILES string of the molecule is CCSCCC(=O)Nc1ccc(N2CCN(Cc3ccccc3)CC2)cc1. The lowest BCUT2D eigenvalue weighted by molar-refractivity contribution is -0.115. The van der Waals surface area contributed by atoms with Crippen LogP contribution in [0.3, 0.4) is 0 Å². The van der Waals surface area contributed by atoms with Gasteiger partial charge in [-0.2, -0.15) is 11.8 Å². The van der Waals surface area contributed by atoms with Crippen LogP contribution < -0.4 is 10.2 Å². The van der Waals surface area contributed by atoms with E-state index in [1.54, 1.807) is 11.8 Å². The molecule has 1 fully saturated rings. The molecule has 1 aliphatic heterocycles. The first-order valence-corrected chi connectivity index (χ1v) is 10.9. The van der Waals surface area contributed by atoms with Gasteiger partial charge in [0.25, 0.3) is 0 Å². The summed E-state index contributed by atoms with van der Waals surface area (Å²) >= 11 is 1.80. The second-order valence-electron chi connectivity index (χ2n) is 6.79. The number of thioether (sulfide) groups is 1. The van der Waals surface area contributed by atoms with E-state index in [0.29, 0.717) is 6.42 Å². The number of carbonyl (C=O) groups is 1. The number of anilines is 2. The average molecular weight is 384 g/mol. The highest BCUT2D eigenvalue weighted by Crippen LogP contribution is 2.20. The number of amides is 1. The third kappa shape index (κ3) is 6.29. The minimum Gasteiger partial charge on any atom is -0.369 e. The quantitative estimate of drug-likeness (QED) is 0.697. The van der Waals surface area contributed by atoms with Crippen molar-refractivity contribution in [3.05, 3.63) is 60.2 Å². The maximum absolute atomic E-state index is 11.9. The summed E-state index contributed by atoms with van der Waals surface area (Å²) in [7, 11) is 0. The molecular formula is C22H29N3OS. The van der Waals surface area contributed by atoms with Crippen molar-refractivity contribution in [2.45, 2.75) is 19.9 Å². The largest absolute Gasteiger partial charge is 0.369 e. The van der Waals surface area contributed by atoms with Gasteiger partial charge in [0.1, 0.15) is 0 Å². The Hall–Kier alpha value is -1.98. The summed E-state index contributed by atoms with van der Waals surface area (Å²) in [4.78, 5) is 16.8. The lowest BCUT2D eigenvalue weighted by atomic mass is 10.2. The van der Waals surface area contributed by atoms with Gasteiger partial charge in [-0.25, -0.2) is 0 Å². The molecule has 4 nitrogen and oxygen atoms in total. The normalized spacial score (nSPS) is 14.9. The van der Waals surface area contributed by atoms with E-state index in [4.69, 9.17) is 0 Å². The van der Waals surface area contributed by atoms with Crippen LogP contribution in [0.1, 0.15) is 18.9 Å². The Bertz CT molecular complexity index is 697. The number of benzene rings is 2. The molecule has 0 atom stereocenters. The summed E-state index contributed by atoms with van der Waals surface area (Å²) in [5.41, 5.74) is 3.49. The van der Waals surface area contributed by atoms with Crippen LogP contribution in [0.5, 0.6) is 0 Å². The van der Waals surface area contributed by atoms with E-state index in [-0.39, 0.29) is 5.91 Å². The van der Waals surface area contributed by atoms with Crippen molar-refractivity contribution < 1.29 is 4.79 Å². The third-order valence-electron chi connectivity index (χ3n) is 4.82. The van der Waals surface area contributed by atoms with Crippen LogP contribution in [-0.2, 0) is 11.3 Å². The molecule has 3 rings (SSSR count). The number of nitrogens with zero attached hydrogens (tertiary/aromatic N) is 2. The van der Waals surface area contributed by atoms with E-state index in [1.807, 2.05) is 12.1 Å². The van der Waals surface area contributed by atoms with Crippen molar-refractivity contribution in [3.8, 4) is 0 Å². The van der Waals surface area contributed by atoms with Gasteiger partial charge >= 0.3 is 0 Å². The molecule has 1 saturated heterocycles. The summed E-state index contributed by atoms with van der Waals surface area (Å²) in [6.45, 7) is 7.35. The van der Waals surface area contributed by atoms with Gasteiger partial charge in [-0.3, -0.25) is 9.69 Å². The summed E-state index contributed by atoms with van der Waals surface area (Å²) in [6, 6.07) is 18.9. The lowest BCUT2D eigenvalue weighted by Crippen LogP contribution is -2.45. The number of hydrogen-bond donors (Lipinski definition) is 1. The lowest BCUT2D eigenvalue weighted by Gasteiger charge is -2.36. The maximum Gasteiger partial charge on any atom is 0.225 e. The van der Waals surface area contributed by atoms with Gasteiger partial charge in [0.2, 0.25) is 5.91 Å². The van der Waals surface area contributed by atoms with Gasteiger partial charge < -0.3 is 10.2 Å². The van der Waals surface area contributed by atoms with Crippen LogP contribution in [0.25, 0.3) is 0 Å². The van der Waals surface area contributed by atoms with E-state index in [0.717, 1.165) is 49.9 Å². The Kier molecular flexibility index (Phi) is 7.60. The fourth-order valence-corrected chi connectivity index (χ4v) is 3.91. The van der Waals surface area contributed by atoms with Crippen molar-refractivity contribution in [2.24, 2.45) is 0 Å². The molecule has 0 unspecified atom stereocenters. The molecule has 144 valence electrons. The Morgan fingerprint density at radius 1 is 1.00 bits per heavy atom. The zero-order chi connectivity index (χ0) is 18.9. The van der Waals surface area contributed by atoms with E-state index in [9.17, 15) is 4.79 Å². The molecule has 0 radical (unpaired) electrons. The van der Waals surface area contributed by atoms with Crippen molar-refractivity contribution in [2.75, 3.05) is 47.9 Å². The van der Waals surface area contributed by atoms with E-state index >= 15 is 0 Å². The first-order valence-electron chi connectivity index (χ1n) is 9.73. The van der Waals surface area contributed by atoms with Crippen LogP contribution in [0.2, 0.25) is 0 Å². The van der Waals surface area contributed by atoms with E-state index < -0.39 is 0 Å². The summed E-state index contributed by atoms with van der Waals surface area (Å²) in [5, 5.41) is 2.99. The zero-order valence-corrected chi connectivity index (χ0v) is 16.9. The van der Waals surface area contributed by atoms with Crippen molar-refractivity contribution in [1.29, 1.82) is 0 Å². The molecule has 1 heterocycles. The van der Waals surface area contributed by atoms with Crippen LogP contribution in [-0.4, -0.2) is 48.5 Å². The third-order valence-corrected chi connectivity index (χ3v) is 5.72. The second-order valence-corrected chi connectivity index (χ2v) is 8.18. The number of rotatable bonds is 8. The van der Waals surface area contributed by atoms with Crippen LogP contribution in [0, 0.1) is 0 Å². The Labute approximate surface area is 166 Å². The first-order chi connectivity index (χ1) is 13.2. The second kappa shape index (κ2) is 10.4. The monoisotopic (exact) mass is 383 g/mol. The van der Waals surface area contributed by atoms with Crippen LogP contribution >= 0.6 is 11.8 Å². The molecule has 1 amide bonds. The van der Waals surface area contributed by atoms with Gasteiger partial charge in [0.05, 0.1) is 0 Å². The predicted molar refractivity (Wildman–Crippen MR) is 117 cm³/mol. The molecule has 0 spiro atoms. The summed E-state index contributed by atoms with van der Waals surface area (Å²) < 4.78 is 0. The number of piperazine rings is 1. The highest BCUT2D eigenvalue weighted by Gasteiger charge is 2.17. The minimum atomic E-state index is 0.0956. The van der Waals surface area contributed by atoms with Gasteiger partial charge in [-0.15, -0.1) is 0 Å². The average Bonchev–Trinajstić information content (AvgIpc) is 2.70. The Morgan fingerprint density at radius 3 is 2.37 bits per heavy atom. The summed E-state index contributed by atoms with van der Waals surface area (Å²) in [6.07, 6.45) is 0.573. The molecule has 5 heteroatoms. The predicted octanol–water partition coefficient (Wildman–Crippen LogP) is 4.09. The van der Waals surface area contributed by atoms with Crippen molar-refractivity contribution >= 4 is 29.0 Å². The van der Waals surface area contributed by atoms with E-state index in [2.05, 4.69) is 64.5 Å². The van der Waals surface area contributed by atoms with Crippen molar-refractivity contribution in [3.63, 3.8) is 0 Å². The van der Waals surface area contributed by atoms with Crippen LogP contribution in [0.15, 0.2) is 54.6 Å². The fourth-order valence-electron chi connectivity index (χ4n) is 3.29. The number of carbonyl (C=O) groups excluding carboxylic acids is 1. The Morgan fingerprint density at radius 2 is 1.70 bits per heavy atom. The molecule has 1 N–H and O–H groups in total. The molecule has 2 aromatic carbocycles. The standard InChI is InChI=1S/C22H29N3OS/c1-2-27-17-12-22(26)23-20-8-10-21(11-9-20)25-15-13-24(14-16-25)18-19-6-4-3-5-7-19/h3-11H,2,12-18H2,1H3,(H,23,26). The first kappa shape index (κ1) is 19.8. The zero-order valence-electron chi connectivity index (χ0n) is 16.1. The highest BCUT2D eigenvalue weighted by molar-refractivity contribution is 7.99. The number of hydrogen-bond acceptors (Lipinski definition) is 4. The highest BCUT2D eigenvalue weighted by atomic mass is 32.2. The Balaban J connectivity index is 1.45. The van der Waals surface area contributed by atoms with Gasteiger partial charge in [-0.05, 0) is 35.6 Å². The minimum absolute atomic E-state index is 0.0956. The summed E-state index contributed by atoms with van der Waals surface area (Å²) in [5.74, 6) is 2.03.